The van der Waals surface area contributed by atoms with Gasteiger partial charge in [0.1, 0.15) is 0 Å². The molecule has 0 atom stereocenters. The summed E-state index contributed by atoms with van der Waals surface area (Å²) in [6.07, 6.45) is 1.56. The number of anilines is 2. The summed E-state index contributed by atoms with van der Waals surface area (Å²) < 4.78 is 41.0. The van der Waals surface area contributed by atoms with Gasteiger partial charge in [-0.15, -0.1) is 17.5 Å². The lowest BCUT2D eigenvalue weighted by Crippen LogP contribution is -2.34. The third-order valence-corrected chi connectivity index (χ3v) is 8.64. The number of aryl methyl sites for hydroxylation is 3. The number of carboxylic acid groups (broad SMARTS) is 1. The summed E-state index contributed by atoms with van der Waals surface area (Å²) in [6.45, 7) is 11.4. The molecule has 9 nitrogen and oxygen atoms in total. The maximum atomic E-state index is 13.7. The van der Waals surface area contributed by atoms with E-state index >= 15 is 0 Å². The third kappa shape index (κ3) is 7.62. The Morgan fingerprint density at radius 2 is 1.77 bits per heavy atom. The van der Waals surface area contributed by atoms with Crippen LogP contribution in [0.25, 0.3) is 4.85 Å². The van der Waals surface area contributed by atoms with E-state index in [0.29, 0.717) is 30.9 Å². The molecule has 1 N–H and O–H groups in total. The first-order valence-electron chi connectivity index (χ1n) is 14.7. The highest BCUT2D eigenvalue weighted by molar-refractivity contribution is 5.85. The molecule has 0 radical (unpaired) electrons. The molecule has 5 rings (SSSR count). The van der Waals surface area contributed by atoms with Gasteiger partial charge in [-0.1, -0.05) is 17.2 Å². The van der Waals surface area contributed by atoms with Crippen molar-refractivity contribution in [2.75, 3.05) is 22.9 Å². The summed E-state index contributed by atoms with van der Waals surface area (Å²) in [5.41, 5.74) is 4.07. The second kappa shape index (κ2) is 13.8. The summed E-state index contributed by atoms with van der Waals surface area (Å²) in [5, 5.41) is 22.0. The van der Waals surface area contributed by atoms with Crippen LogP contribution in [0.5, 0.6) is 0 Å². The fourth-order valence-electron chi connectivity index (χ4n) is 6.40. The standard InChI is InChI=1S/C31H36F3N7O2.ClH/c1-4-40(17-20-8-10-22(11-9-20)29(42)43)28-15-24-7-5-6-23(24)14-25(28)19-41(30-36-38-39(3)37-30)18-21-12-26(31(32,33)34)16-27(13-21)35-2;/h12-16,20,22H,4-11,17-19H2,1,3H3,(H,42,43);1H. The molecule has 1 fully saturated rings. The number of hydrogen-bond donors (Lipinski definition) is 1. The van der Waals surface area contributed by atoms with Crippen LogP contribution >= 0.6 is 12.4 Å². The Hall–Kier alpha value is -3.85. The van der Waals surface area contributed by atoms with Crippen LogP contribution in [0, 0.1) is 18.4 Å². The van der Waals surface area contributed by atoms with Crippen LogP contribution in [0.15, 0.2) is 30.3 Å². The number of benzene rings is 2. The number of aliphatic carboxylic acids is 1. The van der Waals surface area contributed by atoms with Crippen LogP contribution in [0.4, 0.5) is 30.5 Å². The van der Waals surface area contributed by atoms with Crippen LogP contribution in [0.3, 0.4) is 0 Å². The molecule has 1 aromatic heterocycles. The summed E-state index contributed by atoms with van der Waals surface area (Å²) >= 11 is 0. The zero-order valence-corrected chi connectivity index (χ0v) is 25.7. The van der Waals surface area contributed by atoms with Gasteiger partial charge >= 0.3 is 12.1 Å². The van der Waals surface area contributed by atoms with Crippen molar-refractivity contribution >= 4 is 35.7 Å². The third-order valence-electron chi connectivity index (χ3n) is 8.64. The predicted molar refractivity (Wildman–Crippen MR) is 163 cm³/mol. The van der Waals surface area contributed by atoms with Gasteiger partial charge in [0.2, 0.25) is 0 Å². The molecule has 13 heteroatoms. The molecule has 1 heterocycles. The molecule has 0 saturated heterocycles. The lowest BCUT2D eigenvalue weighted by atomic mass is 9.81. The van der Waals surface area contributed by atoms with Gasteiger partial charge < -0.3 is 14.9 Å². The Morgan fingerprint density at radius 3 is 2.36 bits per heavy atom. The Morgan fingerprint density at radius 1 is 1.07 bits per heavy atom. The SMILES string of the molecule is Cl.[C-]#[N+]c1cc(CN(Cc2cc3c(cc2N(CC)CC2CCC(C(=O)O)CC2)CCC3)c2nnn(C)n2)cc(C(F)(F)F)c1. The zero-order chi connectivity index (χ0) is 30.7. The van der Waals surface area contributed by atoms with E-state index in [9.17, 15) is 23.1 Å². The Kier molecular flexibility index (Phi) is 10.4. The van der Waals surface area contributed by atoms with Gasteiger partial charge in [0.05, 0.1) is 19.5 Å². The highest BCUT2D eigenvalue weighted by Gasteiger charge is 2.32. The minimum atomic E-state index is -4.58. The Balaban J connectivity index is 0.00000442. The molecular formula is C31H37ClF3N7O2. The lowest BCUT2D eigenvalue weighted by Gasteiger charge is -2.34. The molecule has 236 valence electrons. The zero-order valence-electron chi connectivity index (χ0n) is 24.8. The summed E-state index contributed by atoms with van der Waals surface area (Å²) in [5.74, 6) is -0.319. The maximum Gasteiger partial charge on any atom is 0.415 e. The van der Waals surface area contributed by atoms with Crippen molar-refractivity contribution in [3.63, 3.8) is 0 Å². The first-order valence-corrected chi connectivity index (χ1v) is 14.7. The molecule has 0 aliphatic heterocycles. The number of rotatable bonds is 10. The van der Waals surface area contributed by atoms with Crippen molar-refractivity contribution < 1.29 is 23.1 Å². The highest BCUT2D eigenvalue weighted by Crippen LogP contribution is 2.37. The molecule has 1 saturated carbocycles. The quantitative estimate of drug-likeness (QED) is 0.252. The number of fused-ring (bicyclic) bond motifs is 1. The van der Waals surface area contributed by atoms with Crippen molar-refractivity contribution in [2.24, 2.45) is 18.9 Å². The van der Waals surface area contributed by atoms with Crippen LogP contribution in [-0.2, 0) is 43.9 Å². The molecule has 2 aliphatic carbocycles. The molecule has 0 unspecified atom stereocenters. The molecular weight excluding hydrogens is 595 g/mol. The van der Waals surface area contributed by atoms with E-state index in [1.54, 1.807) is 7.05 Å². The number of carbonyl (C=O) groups is 1. The largest absolute Gasteiger partial charge is 0.481 e. The number of carboxylic acids is 1. The molecule has 0 bridgehead atoms. The second-order valence-electron chi connectivity index (χ2n) is 11.6. The van der Waals surface area contributed by atoms with E-state index in [4.69, 9.17) is 6.57 Å². The number of tetrazole rings is 1. The highest BCUT2D eigenvalue weighted by atomic mass is 35.5. The minimum Gasteiger partial charge on any atom is -0.481 e. The second-order valence-corrected chi connectivity index (χ2v) is 11.6. The van der Waals surface area contributed by atoms with Gasteiger partial charge in [0.15, 0.2) is 5.69 Å². The van der Waals surface area contributed by atoms with Crippen molar-refractivity contribution in [2.45, 2.75) is 71.1 Å². The minimum absolute atomic E-state index is 0. The van der Waals surface area contributed by atoms with Crippen LogP contribution in [0.2, 0.25) is 0 Å². The first-order chi connectivity index (χ1) is 20.5. The van der Waals surface area contributed by atoms with Gasteiger partial charge in [-0.25, -0.2) is 4.85 Å². The smallest absolute Gasteiger partial charge is 0.415 e. The average molecular weight is 632 g/mol. The van der Waals surface area contributed by atoms with Gasteiger partial charge in [0.25, 0.3) is 5.95 Å². The van der Waals surface area contributed by atoms with Crippen molar-refractivity contribution in [3.8, 4) is 0 Å². The number of alkyl halides is 3. The van der Waals surface area contributed by atoms with E-state index in [0.717, 1.165) is 68.6 Å². The van der Waals surface area contributed by atoms with Crippen LogP contribution < -0.4 is 9.80 Å². The summed E-state index contributed by atoms with van der Waals surface area (Å²) in [7, 11) is 1.63. The number of aromatic nitrogens is 4. The predicted octanol–water partition coefficient (Wildman–Crippen LogP) is 6.61. The monoisotopic (exact) mass is 631 g/mol. The number of hydrogen-bond acceptors (Lipinski definition) is 6. The van der Waals surface area contributed by atoms with Gasteiger partial charge in [-0.3, -0.25) is 4.79 Å². The summed E-state index contributed by atoms with van der Waals surface area (Å²) in [6, 6.07) is 7.88. The number of nitrogens with zero attached hydrogens (tertiary/aromatic N) is 7. The average Bonchev–Trinajstić information content (AvgIpc) is 3.63. The van der Waals surface area contributed by atoms with Crippen molar-refractivity contribution in [1.82, 2.24) is 20.2 Å². The molecule has 0 spiro atoms. The Labute approximate surface area is 261 Å². The summed E-state index contributed by atoms with van der Waals surface area (Å²) in [4.78, 5) is 20.2. The fourth-order valence-corrected chi connectivity index (χ4v) is 6.40. The molecule has 2 aromatic carbocycles. The Bertz CT molecular complexity index is 1510. The van der Waals surface area contributed by atoms with E-state index in [1.165, 1.54) is 22.0 Å². The van der Waals surface area contributed by atoms with E-state index < -0.39 is 17.7 Å². The normalized spacial score (nSPS) is 17.8. The number of halogens is 4. The molecule has 2 aliphatic rings. The first kappa shape index (κ1) is 33.1. The van der Waals surface area contributed by atoms with E-state index in [1.807, 2.05) is 4.90 Å². The van der Waals surface area contributed by atoms with Crippen LogP contribution in [0.1, 0.15) is 66.8 Å². The molecule has 3 aromatic rings. The molecule has 0 amide bonds. The van der Waals surface area contributed by atoms with Gasteiger partial charge in [-0.2, -0.15) is 18.0 Å². The van der Waals surface area contributed by atoms with Crippen LogP contribution in [-0.4, -0.2) is 44.4 Å². The fraction of sp³-hybridized carbons (Fsp3) is 0.516. The topological polar surface area (TPSA) is 91.7 Å². The lowest BCUT2D eigenvalue weighted by molar-refractivity contribution is -0.143. The van der Waals surface area contributed by atoms with E-state index in [-0.39, 0.29) is 36.5 Å². The van der Waals surface area contributed by atoms with Crippen molar-refractivity contribution in [3.05, 3.63) is 69.6 Å². The molecule has 44 heavy (non-hydrogen) atoms. The maximum absolute atomic E-state index is 13.7. The van der Waals surface area contributed by atoms with E-state index in [2.05, 4.69) is 44.2 Å². The van der Waals surface area contributed by atoms with Gasteiger partial charge in [-0.05, 0) is 103 Å². The van der Waals surface area contributed by atoms with Gasteiger partial charge in [0, 0.05) is 37.4 Å². The van der Waals surface area contributed by atoms with Crippen molar-refractivity contribution in [1.29, 1.82) is 0 Å².